The summed E-state index contributed by atoms with van der Waals surface area (Å²) in [5.41, 5.74) is 0.784. The molecular weight excluding hydrogens is 276 g/mol. The number of rotatable bonds is 2. The Morgan fingerprint density at radius 2 is 1.63 bits per heavy atom. The second-order valence-electron chi connectivity index (χ2n) is 4.42. The normalized spacial score (nSPS) is 11.8. The minimum Gasteiger partial charge on any atom is -0.224 e. The molecule has 4 heteroatoms. The van der Waals surface area contributed by atoms with Gasteiger partial charge in [0.25, 0.3) is 0 Å². The molecule has 3 aromatic rings. The van der Waals surface area contributed by atoms with E-state index in [0.29, 0.717) is 4.90 Å². The lowest BCUT2D eigenvalue weighted by atomic mass is 10.1. The van der Waals surface area contributed by atoms with Crippen LogP contribution in [-0.4, -0.2) is 14.7 Å². The fourth-order valence-electron chi connectivity index (χ4n) is 2.11. The quantitative estimate of drug-likeness (QED) is 0.715. The molecule has 2 nitrogen and oxygen atoms in total. The highest BCUT2D eigenvalue weighted by Crippen LogP contribution is 2.36. The first kappa shape index (κ1) is 12.4. The zero-order chi connectivity index (χ0) is 13.5. The molecule has 0 radical (unpaired) electrons. The van der Waals surface area contributed by atoms with Crippen LogP contribution >= 0.6 is 11.3 Å². The molecule has 0 N–H and O–H groups in total. The summed E-state index contributed by atoms with van der Waals surface area (Å²) in [5.74, 6) is 0. The van der Waals surface area contributed by atoms with Gasteiger partial charge in [0.2, 0.25) is 0 Å². The summed E-state index contributed by atoms with van der Waals surface area (Å²) in [6.45, 7) is 0. The van der Waals surface area contributed by atoms with Gasteiger partial charge in [-0.05, 0) is 23.6 Å². The topological polar surface area (TPSA) is 34.1 Å². The third-order valence-corrected chi connectivity index (χ3v) is 5.28. The average Bonchev–Trinajstić information content (AvgIpc) is 2.81. The van der Waals surface area contributed by atoms with Crippen LogP contribution < -0.4 is 0 Å². The van der Waals surface area contributed by atoms with Gasteiger partial charge in [0.05, 0.1) is 4.90 Å². The Kier molecular flexibility index (Phi) is 2.92. The number of thiophene rings is 1. The van der Waals surface area contributed by atoms with Crippen LogP contribution in [0.3, 0.4) is 0 Å². The minimum absolute atomic E-state index is 0.390. The number of fused-ring (bicyclic) bond motifs is 1. The molecule has 0 aliphatic carbocycles. The van der Waals surface area contributed by atoms with Crippen LogP contribution in [0.2, 0.25) is 0 Å². The van der Waals surface area contributed by atoms with Crippen LogP contribution in [0.15, 0.2) is 59.5 Å². The molecule has 0 aliphatic rings. The predicted octanol–water partition coefficient (Wildman–Crippen LogP) is 3.97. The highest BCUT2D eigenvalue weighted by atomic mass is 32.2. The van der Waals surface area contributed by atoms with Gasteiger partial charge in [0.1, 0.15) is 0 Å². The maximum absolute atomic E-state index is 11.8. The van der Waals surface area contributed by atoms with Crippen molar-refractivity contribution < 1.29 is 8.42 Å². The zero-order valence-electron chi connectivity index (χ0n) is 10.3. The van der Waals surface area contributed by atoms with Crippen LogP contribution in [-0.2, 0) is 9.84 Å². The Morgan fingerprint density at radius 3 is 2.37 bits per heavy atom. The molecule has 0 fully saturated rings. The SMILES string of the molecule is CS(=O)(=O)c1ccccc1-c1cc2ccccc2s1. The van der Waals surface area contributed by atoms with Gasteiger partial charge in [0, 0.05) is 21.4 Å². The molecular formula is C15H12O2S2. The molecule has 1 aromatic heterocycles. The molecule has 0 saturated heterocycles. The third-order valence-electron chi connectivity index (χ3n) is 2.98. The van der Waals surface area contributed by atoms with Crippen LogP contribution in [0.4, 0.5) is 0 Å². The first-order chi connectivity index (χ1) is 9.05. The average molecular weight is 288 g/mol. The highest BCUT2D eigenvalue weighted by molar-refractivity contribution is 7.90. The van der Waals surface area contributed by atoms with E-state index in [2.05, 4.69) is 0 Å². The van der Waals surface area contributed by atoms with Crippen molar-refractivity contribution in [3.8, 4) is 10.4 Å². The van der Waals surface area contributed by atoms with Gasteiger partial charge < -0.3 is 0 Å². The molecule has 0 amide bonds. The fourth-order valence-corrected chi connectivity index (χ4v) is 4.18. The van der Waals surface area contributed by atoms with Crippen molar-refractivity contribution in [3.05, 3.63) is 54.6 Å². The highest BCUT2D eigenvalue weighted by Gasteiger charge is 2.15. The zero-order valence-corrected chi connectivity index (χ0v) is 12.0. The van der Waals surface area contributed by atoms with Gasteiger partial charge in [-0.2, -0.15) is 0 Å². The van der Waals surface area contributed by atoms with Crippen molar-refractivity contribution in [1.29, 1.82) is 0 Å². The Morgan fingerprint density at radius 1 is 0.947 bits per heavy atom. The van der Waals surface area contributed by atoms with Crippen molar-refractivity contribution in [3.63, 3.8) is 0 Å². The van der Waals surface area contributed by atoms with Gasteiger partial charge in [-0.15, -0.1) is 11.3 Å². The standard InChI is InChI=1S/C15H12O2S2/c1-19(16,17)15-9-5-3-7-12(15)14-10-11-6-2-4-8-13(11)18-14/h2-10H,1H3. The van der Waals surface area contributed by atoms with Gasteiger partial charge in [-0.3, -0.25) is 0 Å². The third kappa shape index (κ3) is 2.29. The summed E-state index contributed by atoms with van der Waals surface area (Å²) in [7, 11) is -3.21. The fraction of sp³-hybridized carbons (Fsp3) is 0.0667. The maximum Gasteiger partial charge on any atom is 0.176 e. The number of hydrogen-bond donors (Lipinski definition) is 0. The van der Waals surface area contributed by atoms with Gasteiger partial charge in [-0.25, -0.2) is 8.42 Å². The second-order valence-corrected chi connectivity index (χ2v) is 7.48. The van der Waals surface area contributed by atoms with Crippen molar-refractivity contribution in [2.75, 3.05) is 6.26 Å². The maximum atomic E-state index is 11.8. The van der Waals surface area contributed by atoms with E-state index in [1.807, 2.05) is 42.5 Å². The van der Waals surface area contributed by atoms with Crippen LogP contribution in [0.1, 0.15) is 0 Å². The predicted molar refractivity (Wildman–Crippen MR) is 80.4 cm³/mol. The number of hydrogen-bond acceptors (Lipinski definition) is 3. The first-order valence-electron chi connectivity index (χ1n) is 5.84. The van der Waals surface area contributed by atoms with E-state index in [0.717, 1.165) is 15.8 Å². The van der Waals surface area contributed by atoms with Gasteiger partial charge in [-0.1, -0.05) is 36.4 Å². The van der Waals surface area contributed by atoms with Gasteiger partial charge in [0.15, 0.2) is 9.84 Å². The molecule has 96 valence electrons. The van der Waals surface area contributed by atoms with Crippen molar-refractivity contribution in [2.45, 2.75) is 4.90 Å². The summed E-state index contributed by atoms with van der Waals surface area (Å²) in [5, 5.41) is 1.14. The molecule has 1 heterocycles. The largest absolute Gasteiger partial charge is 0.224 e. The lowest BCUT2D eigenvalue weighted by Gasteiger charge is -2.04. The Bertz CT molecular complexity index is 812. The molecule has 19 heavy (non-hydrogen) atoms. The molecule has 0 bridgehead atoms. The molecule has 3 rings (SSSR count). The number of sulfone groups is 1. The van der Waals surface area contributed by atoms with E-state index >= 15 is 0 Å². The van der Waals surface area contributed by atoms with E-state index in [1.165, 1.54) is 11.0 Å². The smallest absolute Gasteiger partial charge is 0.176 e. The lowest BCUT2D eigenvalue weighted by Crippen LogP contribution is -1.98. The van der Waals surface area contributed by atoms with E-state index in [1.54, 1.807) is 23.5 Å². The summed E-state index contributed by atoms with van der Waals surface area (Å²) in [6.07, 6.45) is 1.25. The number of benzene rings is 2. The van der Waals surface area contributed by atoms with Gasteiger partial charge >= 0.3 is 0 Å². The Labute approximate surface area is 116 Å². The van der Waals surface area contributed by atoms with E-state index in [9.17, 15) is 8.42 Å². The van der Waals surface area contributed by atoms with Crippen LogP contribution in [0, 0.1) is 0 Å². The Balaban J connectivity index is 2.27. The Hall–Kier alpha value is -1.65. The lowest BCUT2D eigenvalue weighted by molar-refractivity contribution is 0.602. The van der Waals surface area contributed by atoms with Crippen LogP contribution in [0.5, 0.6) is 0 Å². The van der Waals surface area contributed by atoms with Crippen LogP contribution in [0.25, 0.3) is 20.5 Å². The first-order valence-corrected chi connectivity index (χ1v) is 8.54. The van der Waals surface area contributed by atoms with Crippen molar-refractivity contribution >= 4 is 31.3 Å². The molecule has 0 spiro atoms. The summed E-state index contributed by atoms with van der Waals surface area (Å²) >= 11 is 1.62. The summed E-state index contributed by atoms with van der Waals surface area (Å²) < 4.78 is 24.9. The summed E-state index contributed by atoms with van der Waals surface area (Å²) in [6, 6.07) is 17.3. The van der Waals surface area contributed by atoms with Crippen molar-refractivity contribution in [2.24, 2.45) is 0 Å². The van der Waals surface area contributed by atoms with E-state index in [4.69, 9.17) is 0 Å². The second kappa shape index (κ2) is 4.47. The summed E-state index contributed by atoms with van der Waals surface area (Å²) in [4.78, 5) is 1.38. The monoisotopic (exact) mass is 288 g/mol. The van der Waals surface area contributed by atoms with E-state index in [-0.39, 0.29) is 0 Å². The molecule has 2 aromatic carbocycles. The molecule has 0 saturated carbocycles. The minimum atomic E-state index is -3.21. The molecule has 0 unspecified atom stereocenters. The van der Waals surface area contributed by atoms with E-state index < -0.39 is 9.84 Å². The molecule has 0 atom stereocenters. The van der Waals surface area contributed by atoms with Crippen molar-refractivity contribution in [1.82, 2.24) is 0 Å². The molecule has 0 aliphatic heterocycles.